The number of aromatic nitrogens is 3. The minimum atomic E-state index is -1.20. The first-order chi connectivity index (χ1) is 61.4. The highest BCUT2D eigenvalue weighted by atomic mass is 16.8. The topological polar surface area (TPSA) is 234 Å². The summed E-state index contributed by atoms with van der Waals surface area (Å²) >= 11 is 0. The molecule has 24 atom stereocenters. The Morgan fingerprint density at radius 1 is 0.250 bits per heavy atom. The van der Waals surface area contributed by atoms with Gasteiger partial charge in [0.05, 0.1) is 92.0 Å². The molecule has 19 rings (SSSR count). The SMILES string of the molecule is c1ccc(CO[C@@H]2[C@H](OCc3ccccc3)[C@H](O[C@@H]3[C@H](OCCn4cc(CO[C@@H]5O[C@@H]6COC(c7ccccc7)O[C@H]6[C@H](OCc6ccccc6)[C@@H]5O[C@@H]5O[C@@H]6COC(c7ccccc7)O[C@H]6[C@H](OCc6ccccc6)[C@@H]5OCc5ccccc5)nn4)O[C@@H]4COC(c5ccccc5)O[C@H]4[C@@H]3OCc3ccccc3)O[C@@H]3COC(c4ccccc4)O[C@@H]23)cc1. The average Bonchev–Trinajstić information content (AvgIpc) is 0.829. The van der Waals surface area contributed by atoms with Crippen LogP contribution in [0.1, 0.15) is 86.5 Å². The largest absolute Gasteiger partial charge is 0.368 e. The number of nitrogens with zero attached hydrogens (tertiary/aromatic N) is 3. The van der Waals surface area contributed by atoms with Gasteiger partial charge in [-0.1, -0.05) is 309 Å². The van der Waals surface area contributed by atoms with Crippen molar-refractivity contribution in [2.45, 2.75) is 201 Å². The van der Waals surface area contributed by atoms with E-state index in [1.54, 1.807) is 10.9 Å². The van der Waals surface area contributed by atoms with Gasteiger partial charge in [0.25, 0.3) is 0 Å². The molecule has 25 nitrogen and oxygen atoms in total. The predicted molar refractivity (Wildman–Crippen MR) is 445 cm³/mol. The number of benzene rings is 10. The summed E-state index contributed by atoms with van der Waals surface area (Å²) in [7, 11) is 0. The standard InChI is InChI=1S/C99H101N3O22/c1-11-31-65(32-12-1)54-104-84-80-78(63-113-92(119-80)71-43-23-7-24-44-71)117-98(88(84)108-58-69-39-19-5-20-40-69)123-90-86(106-56-67-35-15-3-16-36-67)82-76(61-111-94(121-82)73-47-27-9-28-48-73)115-96(90)103-52-51-102-53-75(100-101-102)60-110-97-91(87(107-57-68-37-17-4-18-38-68)83-77(116-97)62-112-95(122-83)74-49-29-10-30-50-74)124-99-89(109-59-70-41-21-6-22-42-70)85(105-55-66-33-13-2-14-34-66)81-79(118-99)64-114-93(120-81)72-45-25-8-26-46-72/h1-50,53,76-99H,51-52,54-64H2/t76-,77-,78-,79-,80-,81-,82-,83-,84+,85+,86+,87+,88+,89+,90+,91+,92?,93?,94?,95?,96-,97-,98+,99+/m1/s1. The molecule has 0 aliphatic carbocycles. The molecule has 0 bridgehead atoms. The van der Waals surface area contributed by atoms with E-state index in [-0.39, 0.29) is 85.8 Å². The van der Waals surface area contributed by atoms with Crippen LogP contribution in [0.25, 0.3) is 0 Å². The van der Waals surface area contributed by atoms with E-state index in [0.717, 1.165) is 55.6 Å². The smallest absolute Gasteiger partial charge is 0.187 e. The second-order valence-electron chi connectivity index (χ2n) is 31.8. The van der Waals surface area contributed by atoms with Gasteiger partial charge in [0.2, 0.25) is 0 Å². The summed E-state index contributed by atoms with van der Waals surface area (Å²) in [4.78, 5) is 0. The van der Waals surface area contributed by atoms with E-state index >= 15 is 0 Å². The van der Waals surface area contributed by atoms with E-state index < -0.39 is 148 Å². The van der Waals surface area contributed by atoms with E-state index in [1.807, 2.05) is 303 Å². The highest BCUT2D eigenvalue weighted by Gasteiger charge is 2.60. The van der Waals surface area contributed by atoms with Crippen molar-refractivity contribution in [3.05, 3.63) is 371 Å². The van der Waals surface area contributed by atoms with E-state index in [9.17, 15) is 0 Å². The molecular formula is C99H101N3O22. The maximum atomic E-state index is 7.59. The minimum Gasteiger partial charge on any atom is -0.368 e. The van der Waals surface area contributed by atoms with E-state index in [1.165, 1.54) is 0 Å². The molecule has 8 saturated heterocycles. The third kappa shape index (κ3) is 20.6. The fraction of sp³-hybridized carbons (Fsp3) is 0.374. The number of hydrogen-bond donors (Lipinski definition) is 0. The van der Waals surface area contributed by atoms with Crippen molar-refractivity contribution < 1.29 is 104 Å². The van der Waals surface area contributed by atoms with Crippen molar-refractivity contribution in [3.63, 3.8) is 0 Å². The number of fused-ring (bicyclic) bond motifs is 4. The zero-order chi connectivity index (χ0) is 83.0. The van der Waals surface area contributed by atoms with Gasteiger partial charge >= 0.3 is 0 Å². The summed E-state index contributed by atoms with van der Waals surface area (Å²) in [6.07, 6.45) is -19.3. The first kappa shape index (κ1) is 84.0. The van der Waals surface area contributed by atoms with Crippen LogP contribution >= 0.6 is 0 Å². The van der Waals surface area contributed by atoms with Gasteiger partial charge in [-0.15, -0.1) is 5.10 Å². The zero-order valence-electron chi connectivity index (χ0n) is 68.3. The van der Waals surface area contributed by atoms with Gasteiger partial charge in [-0.3, -0.25) is 0 Å². The molecule has 0 spiro atoms. The lowest BCUT2D eigenvalue weighted by Gasteiger charge is -2.52. The highest BCUT2D eigenvalue weighted by molar-refractivity contribution is 5.24. The second-order valence-corrected chi connectivity index (χ2v) is 31.8. The maximum Gasteiger partial charge on any atom is 0.187 e. The molecule has 0 radical (unpaired) electrons. The average molecular weight is 1680 g/mol. The van der Waals surface area contributed by atoms with Gasteiger partial charge in [-0.25, -0.2) is 4.68 Å². The Labute approximate surface area is 720 Å². The second kappa shape index (κ2) is 41.3. The Balaban J connectivity index is 0.624. The van der Waals surface area contributed by atoms with Crippen molar-refractivity contribution in [1.29, 1.82) is 0 Å². The van der Waals surface area contributed by atoms with Crippen LogP contribution in [0.5, 0.6) is 0 Å². The molecule has 124 heavy (non-hydrogen) atoms. The van der Waals surface area contributed by atoms with E-state index in [4.69, 9.17) is 109 Å². The van der Waals surface area contributed by atoms with Gasteiger partial charge < -0.3 is 104 Å². The van der Waals surface area contributed by atoms with Crippen molar-refractivity contribution >= 4 is 0 Å². The summed E-state index contributed by atoms with van der Waals surface area (Å²) in [6.45, 7) is 1.67. The van der Waals surface area contributed by atoms with Crippen molar-refractivity contribution in [1.82, 2.24) is 15.0 Å². The number of ether oxygens (including phenoxy) is 22. The van der Waals surface area contributed by atoms with Crippen LogP contribution in [-0.4, -0.2) is 171 Å². The predicted octanol–water partition coefficient (Wildman–Crippen LogP) is 14.5. The molecule has 25 heteroatoms. The Morgan fingerprint density at radius 3 is 0.790 bits per heavy atom. The van der Waals surface area contributed by atoms with E-state index in [0.29, 0.717) is 5.69 Å². The van der Waals surface area contributed by atoms with Crippen LogP contribution in [-0.2, 0) is 157 Å². The zero-order valence-corrected chi connectivity index (χ0v) is 68.3. The van der Waals surface area contributed by atoms with Crippen LogP contribution in [0.2, 0.25) is 0 Å². The van der Waals surface area contributed by atoms with Crippen LogP contribution in [0.3, 0.4) is 0 Å². The summed E-state index contributed by atoms with van der Waals surface area (Å²) in [5, 5.41) is 9.37. The lowest BCUT2D eigenvalue weighted by molar-refractivity contribution is -0.414. The van der Waals surface area contributed by atoms with Crippen LogP contribution in [0.15, 0.2) is 310 Å². The van der Waals surface area contributed by atoms with Crippen LogP contribution in [0, 0.1) is 0 Å². The summed E-state index contributed by atoms with van der Waals surface area (Å²) in [5.74, 6) is 0. The highest BCUT2D eigenvalue weighted by Crippen LogP contribution is 2.46. The molecule has 0 amide bonds. The Morgan fingerprint density at radius 2 is 0.500 bits per heavy atom. The number of hydrogen-bond acceptors (Lipinski definition) is 24. The van der Waals surface area contributed by atoms with Gasteiger partial charge in [0.1, 0.15) is 103 Å². The maximum absolute atomic E-state index is 7.59. The molecule has 10 aromatic carbocycles. The monoisotopic (exact) mass is 1680 g/mol. The molecule has 644 valence electrons. The molecule has 8 aliphatic rings. The van der Waals surface area contributed by atoms with Crippen molar-refractivity contribution in [2.75, 3.05) is 33.0 Å². The Bertz CT molecular complexity index is 5000. The lowest BCUT2D eigenvalue weighted by Crippen LogP contribution is -2.68. The molecule has 0 saturated carbocycles. The molecule has 1 aromatic heterocycles. The van der Waals surface area contributed by atoms with Crippen LogP contribution < -0.4 is 0 Å². The summed E-state index contributed by atoms with van der Waals surface area (Å²) < 4.78 is 157. The quantitative estimate of drug-likeness (QED) is 0.0372. The summed E-state index contributed by atoms with van der Waals surface area (Å²) in [5.41, 5.74) is 9.34. The minimum absolute atomic E-state index is 0.0196. The normalized spacial score (nSPS) is 31.0. The third-order valence-electron chi connectivity index (χ3n) is 23.3. The molecule has 4 unspecified atom stereocenters. The number of rotatable bonds is 33. The van der Waals surface area contributed by atoms with Crippen LogP contribution in [0.4, 0.5) is 0 Å². The first-order valence-corrected chi connectivity index (χ1v) is 42.7. The van der Waals surface area contributed by atoms with E-state index in [2.05, 4.69) is 5.21 Å². The molecular weight excluding hydrogens is 1580 g/mol. The van der Waals surface area contributed by atoms with Gasteiger partial charge in [-0.2, -0.15) is 0 Å². The van der Waals surface area contributed by atoms with Gasteiger partial charge in [-0.05, 0) is 33.4 Å². The summed E-state index contributed by atoms with van der Waals surface area (Å²) in [6, 6.07) is 99.0. The van der Waals surface area contributed by atoms with Gasteiger partial charge in [0, 0.05) is 22.3 Å². The molecule has 11 aromatic rings. The Hall–Kier alpha value is -9.54. The Kier molecular flexibility index (Phi) is 28.0. The first-order valence-electron chi connectivity index (χ1n) is 42.7. The third-order valence-corrected chi connectivity index (χ3v) is 23.3. The van der Waals surface area contributed by atoms with Crippen molar-refractivity contribution in [2.24, 2.45) is 0 Å². The van der Waals surface area contributed by atoms with Crippen molar-refractivity contribution in [3.8, 4) is 0 Å². The fourth-order valence-electron chi connectivity index (χ4n) is 17.0. The molecule has 8 aliphatic heterocycles. The fourth-order valence-corrected chi connectivity index (χ4v) is 17.0. The van der Waals surface area contributed by atoms with Gasteiger partial charge in [0.15, 0.2) is 50.3 Å². The molecule has 0 N–H and O–H groups in total. The lowest BCUT2D eigenvalue weighted by atomic mass is 9.95. The molecule has 8 fully saturated rings. The molecule has 9 heterocycles.